The maximum absolute atomic E-state index is 13.6. The monoisotopic (exact) mass is 354 g/mol. The van der Waals surface area contributed by atoms with Crippen LogP contribution in [0.25, 0.3) is 0 Å². The van der Waals surface area contributed by atoms with Crippen LogP contribution in [-0.2, 0) is 4.79 Å². The van der Waals surface area contributed by atoms with Gasteiger partial charge in [-0.25, -0.2) is 13.2 Å². The molecule has 0 aliphatic heterocycles. The topological polar surface area (TPSA) is 59.6 Å². The number of hydrogen-bond donors (Lipinski definition) is 2. The van der Waals surface area contributed by atoms with Gasteiger partial charge in [0.2, 0.25) is 5.91 Å². The van der Waals surface area contributed by atoms with E-state index in [0.717, 1.165) is 12.1 Å². The van der Waals surface area contributed by atoms with Crippen molar-refractivity contribution in [3.8, 4) is 11.5 Å². The lowest BCUT2D eigenvalue weighted by Gasteiger charge is -2.17. The SMILES string of the molecule is COc1ccc(N[C@H](C)C(=O)Nc2ccc(F)c(F)c2F)cc1OC. The highest BCUT2D eigenvalue weighted by Crippen LogP contribution is 2.30. The molecule has 25 heavy (non-hydrogen) atoms. The predicted octanol–water partition coefficient (Wildman–Crippen LogP) is 3.56. The standard InChI is InChI=1S/C17H17F3N2O3/c1-9(21-10-4-7-13(24-2)14(8-10)25-3)17(23)22-12-6-5-11(18)15(19)16(12)20/h4-9,21H,1-3H3,(H,22,23)/t9-/m1/s1. The number of nitrogens with one attached hydrogen (secondary N) is 2. The summed E-state index contributed by atoms with van der Waals surface area (Å²) in [5, 5.41) is 5.11. The van der Waals surface area contributed by atoms with E-state index in [4.69, 9.17) is 9.47 Å². The summed E-state index contributed by atoms with van der Waals surface area (Å²) in [5.41, 5.74) is 0.121. The molecule has 0 saturated carbocycles. The zero-order valence-corrected chi connectivity index (χ0v) is 13.8. The van der Waals surface area contributed by atoms with Gasteiger partial charge in [0, 0.05) is 11.8 Å². The molecule has 0 saturated heterocycles. The zero-order chi connectivity index (χ0) is 18.6. The minimum atomic E-state index is -1.64. The number of anilines is 2. The Bertz CT molecular complexity index is 784. The number of carbonyl (C=O) groups is 1. The molecule has 1 atom stereocenters. The largest absolute Gasteiger partial charge is 0.493 e. The third-order valence-electron chi connectivity index (χ3n) is 3.45. The van der Waals surface area contributed by atoms with Crippen LogP contribution in [0.4, 0.5) is 24.5 Å². The van der Waals surface area contributed by atoms with Crippen molar-refractivity contribution in [2.75, 3.05) is 24.9 Å². The Hall–Kier alpha value is -2.90. The minimum absolute atomic E-state index is 0.440. The van der Waals surface area contributed by atoms with E-state index >= 15 is 0 Å². The molecule has 2 N–H and O–H groups in total. The molecule has 8 heteroatoms. The van der Waals surface area contributed by atoms with E-state index in [1.807, 2.05) is 0 Å². The van der Waals surface area contributed by atoms with Crippen molar-refractivity contribution in [1.82, 2.24) is 0 Å². The van der Waals surface area contributed by atoms with Crippen LogP contribution in [0.5, 0.6) is 11.5 Å². The third kappa shape index (κ3) is 4.14. The van der Waals surface area contributed by atoms with E-state index in [1.165, 1.54) is 21.1 Å². The molecular weight excluding hydrogens is 337 g/mol. The first-order valence-corrected chi connectivity index (χ1v) is 7.30. The highest BCUT2D eigenvalue weighted by atomic mass is 19.2. The molecule has 0 bridgehead atoms. The number of hydrogen-bond acceptors (Lipinski definition) is 4. The van der Waals surface area contributed by atoms with Gasteiger partial charge < -0.3 is 20.1 Å². The normalized spacial score (nSPS) is 11.6. The molecule has 2 aromatic rings. The molecule has 0 aliphatic rings. The summed E-state index contributed by atoms with van der Waals surface area (Å²) < 4.78 is 50.0. The number of amides is 1. The summed E-state index contributed by atoms with van der Waals surface area (Å²) in [4.78, 5) is 12.1. The highest BCUT2D eigenvalue weighted by molar-refractivity contribution is 5.96. The first-order valence-electron chi connectivity index (χ1n) is 7.30. The smallest absolute Gasteiger partial charge is 0.246 e. The molecule has 2 aromatic carbocycles. The average Bonchev–Trinajstić information content (AvgIpc) is 2.61. The summed E-state index contributed by atoms with van der Waals surface area (Å²) >= 11 is 0. The van der Waals surface area contributed by atoms with E-state index < -0.39 is 35.1 Å². The van der Waals surface area contributed by atoms with Gasteiger partial charge in [-0.05, 0) is 31.2 Å². The second-order valence-electron chi connectivity index (χ2n) is 5.15. The molecular formula is C17H17F3N2O3. The van der Waals surface area contributed by atoms with Gasteiger partial charge >= 0.3 is 0 Å². The molecule has 0 unspecified atom stereocenters. The number of rotatable bonds is 6. The van der Waals surface area contributed by atoms with Crippen molar-refractivity contribution >= 4 is 17.3 Å². The summed E-state index contributed by atoms with van der Waals surface area (Å²) in [6.45, 7) is 1.53. The van der Waals surface area contributed by atoms with E-state index in [9.17, 15) is 18.0 Å². The van der Waals surface area contributed by atoms with Crippen LogP contribution in [0.1, 0.15) is 6.92 Å². The first kappa shape index (κ1) is 18.4. The van der Waals surface area contributed by atoms with E-state index in [2.05, 4.69) is 10.6 Å². The lowest BCUT2D eigenvalue weighted by Crippen LogP contribution is -2.32. The lowest BCUT2D eigenvalue weighted by atomic mass is 10.2. The summed E-state index contributed by atoms with van der Waals surface area (Å²) in [6.07, 6.45) is 0. The van der Waals surface area contributed by atoms with Crippen molar-refractivity contribution < 1.29 is 27.4 Å². The Morgan fingerprint density at radius 2 is 1.68 bits per heavy atom. The van der Waals surface area contributed by atoms with Gasteiger partial charge in [-0.1, -0.05) is 0 Å². The Labute approximate surface area is 142 Å². The second kappa shape index (κ2) is 7.78. The third-order valence-corrected chi connectivity index (χ3v) is 3.45. The molecule has 0 radical (unpaired) electrons. The van der Waals surface area contributed by atoms with Gasteiger partial charge in [0.05, 0.1) is 19.9 Å². The molecule has 5 nitrogen and oxygen atoms in total. The van der Waals surface area contributed by atoms with Gasteiger partial charge in [0.25, 0.3) is 0 Å². The van der Waals surface area contributed by atoms with Crippen LogP contribution < -0.4 is 20.1 Å². The number of carbonyl (C=O) groups excluding carboxylic acids is 1. The molecule has 0 aliphatic carbocycles. The Kier molecular flexibility index (Phi) is 5.74. The molecule has 0 aromatic heterocycles. The fraction of sp³-hybridized carbons (Fsp3) is 0.235. The lowest BCUT2D eigenvalue weighted by molar-refractivity contribution is -0.116. The van der Waals surface area contributed by atoms with Gasteiger partial charge in [-0.15, -0.1) is 0 Å². The average molecular weight is 354 g/mol. The van der Waals surface area contributed by atoms with Gasteiger partial charge in [0.15, 0.2) is 29.0 Å². The molecule has 1 amide bonds. The maximum Gasteiger partial charge on any atom is 0.246 e. The van der Waals surface area contributed by atoms with Crippen molar-refractivity contribution in [1.29, 1.82) is 0 Å². The maximum atomic E-state index is 13.6. The zero-order valence-electron chi connectivity index (χ0n) is 13.8. The van der Waals surface area contributed by atoms with Crippen molar-refractivity contribution in [3.63, 3.8) is 0 Å². The quantitative estimate of drug-likeness (QED) is 0.779. The Morgan fingerprint density at radius 1 is 1.00 bits per heavy atom. The summed E-state index contributed by atoms with van der Waals surface area (Å²) in [7, 11) is 2.97. The number of halogens is 3. The fourth-order valence-corrected chi connectivity index (χ4v) is 2.10. The summed E-state index contributed by atoms with van der Waals surface area (Å²) in [5.74, 6) is -4.06. The molecule has 0 spiro atoms. The van der Waals surface area contributed by atoms with Gasteiger partial charge in [-0.2, -0.15) is 0 Å². The summed E-state index contributed by atoms with van der Waals surface area (Å²) in [6, 6.07) is 5.85. The number of benzene rings is 2. The van der Waals surface area contributed by atoms with Crippen molar-refractivity contribution in [2.45, 2.75) is 13.0 Å². The number of ether oxygens (including phenoxy) is 2. The van der Waals surface area contributed by atoms with Crippen LogP contribution in [-0.4, -0.2) is 26.2 Å². The van der Waals surface area contributed by atoms with Crippen LogP contribution in [0, 0.1) is 17.5 Å². The van der Waals surface area contributed by atoms with Crippen LogP contribution >= 0.6 is 0 Å². The van der Waals surface area contributed by atoms with Gasteiger partial charge in [-0.3, -0.25) is 4.79 Å². The minimum Gasteiger partial charge on any atom is -0.493 e. The first-order chi connectivity index (χ1) is 11.9. The van der Waals surface area contributed by atoms with Crippen LogP contribution in [0.3, 0.4) is 0 Å². The van der Waals surface area contributed by atoms with Gasteiger partial charge in [0.1, 0.15) is 6.04 Å². The van der Waals surface area contributed by atoms with Crippen molar-refractivity contribution in [2.24, 2.45) is 0 Å². The predicted molar refractivity (Wildman–Crippen MR) is 87.6 cm³/mol. The van der Waals surface area contributed by atoms with Crippen molar-refractivity contribution in [3.05, 3.63) is 47.8 Å². The molecule has 134 valence electrons. The Balaban J connectivity index is 2.09. The molecule has 0 heterocycles. The highest BCUT2D eigenvalue weighted by Gasteiger charge is 2.19. The van der Waals surface area contributed by atoms with E-state index in [-0.39, 0.29) is 0 Å². The Morgan fingerprint density at radius 3 is 2.32 bits per heavy atom. The molecule has 0 fully saturated rings. The van der Waals surface area contributed by atoms with E-state index in [1.54, 1.807) is 18.2 Å². The van der Waals surface area contributed by atoms with Crippen LogP contribution in [0.15, 0.2) is 30.3 Å². The van der Waals surface area contributed by atoms with Crippen LogP contribution in [0.2, 0.25) is 0 Å². The number of methoxy groups -OCH3 is 2. The fourth-order valence-electron chi connectivity index (χ4n) is 2.10. The molecule has 2 rings (SSSR count). The van der Waals surface area contributed by atoms with E-state index in [0.29, 0.717) is 17.2 Å². The second-order valence-corrected chi connectivity index (χ2v) is 5.15.